The van der Waals surface area contributed by atoms with E-state index < -0.39 is 0 Å². The average molecular weight is 319 g/mol. The van der Waals surface area contributed by atoms with E-state index in [-0.39, 0.29) is 12.1 Å². The molecule has 0 aromatic carbocycles. The van der Waals surface area contributed by atoms with Gasteiger partial charge in [0.15, 0.2) is 5.82 Å². The zero-order valence-electron chi connectivity index (χ0n) is 14.0. The van der Waals surface area contributed by atoms with Gasteiger partial charge in [-0.2, -0.15) is 10.1 Å². The molecule has 0 spiro atoms. The predicted octanol–water partition coefficient (Wildman–Crippen LogP) is 2.18. The van der Waals surface area contributed by atoms with Crippen LogP contribution in [0.3, 0.4) is 0 Å². The molecule has 0 saturated carbocycles. The second kappa shape index (κ2) is 7.23. The SMILES string of the molecule is CCCc1noc([C@H](C)NC[C@@H]2CCO[C@H]2c2cnn(C)c2)n1. The van der Waals surface area contributed by atoms with Gasteiger partial charge in [-0.15, -0.1) is 0 Å². The summed E-state index contributed by atoms with van der Waals surface area (Å²) in [6, 6.07) is 0.0447. The van der Waals surface area contributed by atoms with E-state index in [9.17, 15) is 0 Å². The van der Waals surface area contributed by atoms with Gasteiger partial charge >= 0.3 is 0 Å². The number of hydrogen-bond acceptors (Lipinski definition) is 6. The summed E-state index contributed by atoms with van der Waals surface area (Å²) in [6.45, 7) is 5.81. The Kier molecular flexibility index (Phi) is 5.07. The largest absolute Gasteiger partial charge is 0.373 e. The van der Waals surface area contributed by atoms with E-state index in [1.54, 1.807) is 0 Å². The van der Waals surface area contributed by atoms with Gasteiger partial charge in [-0.05, 0) is 19.8 Å². The van der Waals surface area contributed by atoms with E-state index in [0.717, 1.165) is 43.8 Å². The van der Waals surface area contributed by atoms with Crippen LogP contribution in [0.15, 0.2) is 16.9 Å². The highest BCUT2D eigenvalue weighted by Gasteiger charge is 2.31. The molecule has 0 bridgehead atoms. The van der Waals surface area contributed by atoms with Crippen molar-refractivity contribution in [1.29, 1.82) is 0 Å². The van der Waals surface area contributed by atoms with Crippen LogP contribution in [-0.2, 0) is 18.2 Å². The smallest absolute Gasteiger partial charge is 0.243 e. The number of nitrogens with zero attached hydrogens (tertiary/aromatic N) is 4. The average Bonchev–Trinajstić information content (AvgIpc) is 3.25. The molecule has 0 amide bonds. The van der Waals surface area contributed by atoms with Crippen LogP contribution in [0, 0.1) is 5.92 Å². The summed E-state index contributed by atoms with van der Waals surface area (Å²) in [7, 11) is 1.93. The Balaban J connectivity index is 1.56. The van der Waals surface area contributed by atoms with Gasteiger partial charge in [0.2, 0.25) is 5.89 Å². The maximum Gasteiger partial charge on any atom is 0.243 e. The van der Waals surface area contributed by atoms with Crippen LogP contribution in [0.1, 0.15) is 56.1 Å². The molecule has 7 nitrogen and oxygen atoms in total. The van der Waals surface area contributed by atoms with E-state index in [1.165, 1.54) is 0 Å². The molecular formula is C16H25N5O2. The Morgan fingerprint density at radius 2 is 2.35 bits per heavy atom. The molecule has 3 heterocycles. The first kappa shape index (κ1) is 16.1. The van der Waals surface area contributed by atoms with Crippen molar-refractivity contribution in [2.75, 3.05) is 13.2 Å². The third-order valence-corrected chi connectivity index (χ3v) is 4.28. The number of hydrogen-bond donors (Lipinski definition) is 1. The van der Waals surface area contributed by atoms with Crippen molar-refractivity contribution >= 4 is 0 Å². The lowest BCUT2D eigenvalue weighted by Gasteiger charge is -2.19. The van der Waals surface area contributed by atoms with E-state index >= 15 is 0 Å². The molecule has 1 N–H and O–H groups in total. The number of rotatable bonds is 7. The van der Waals surface area contributed by atoms with Gasteiger partial charge in [-0.1, -0.05) is 12.1 Å². The van der Waals surface area contributed by atoms with E-state index in [2.05, 4.69) is 34.4 Å². The minimum Gasteiger partial charge on any atom is -0.373 e. The maximum atomic E-state index is 5.89. The van der Waals surface area contributed by atoms with Crippen molar-refractivity contribution in [3.63, 3.8) is 0 Å². The fourth-order valence-electron chi connectivity index (χ4n) is 2.98. The number of ether oxygens (including phenoxy) is 1. The molecule has 3 rings (SSSR count). The molecule has 1 aliphatic heterocycles. The van der Waals surface area contributed by atoms with Crippen LogP contribution in [-0.4, -0.2) is 33.1 Å². The van der Waals surface area contributed by atoms with Gasteiger partial charge in [0, 0.05) is 44.3 Å². The molecule has 2 aromatic heterocycles. The Hall–Kier alpha value is -1.73. The van der Waals surface area contributed by atoms with Crippen molar-refractivity contribution in [1.82, 2.24) is 25.2 Å². The highest BCUT2D eigenvalue weighted by molar-refractivity contribution is 5.11. The molecule has 23 heavy (non-hydrogen) atoms. The zero-order chi connectivity index (χ0) is 16.2. The molecule has 0 radical (unpaired) electrons. The normalized spacial score (nSPS) is 22.6. The van der Waals surface area contributed by atoms with Crippen molar-refractivity contribution in [2.24, 2.45) is 13.0 Å². The number of aryl methyl sites for hydroxylation is 2. The van der Waals surface area contributed by atoms with E-state index in [4.69, 9.17) is 9.26 Å². The van der Waals surface area contributed by atoms with Crippen molar-refractivity contribution < 1.29 is 9.26 Å². The van der Waals surface area contributed by atoms with Gasteiger partial charge in [0.25, 0.3) is 0 Å². The van der Waals surface area contributed by atoms with Crippen molar-refractivity contribution in [2.45, 2.75) is 45.3 Å². The van der Waals surface area contributed by atoms with Crippen LogP contribution in [0.25, 0.3) is 0 Å². The van der Waals surface area contributed by atoms with E-state index in [0.29, 0.717) is 11.8 Å². The first-order chi connectivity index (χ1) is 11.2. The topological polar surface area (TPSA) is 78.0 Å². The van der Waals surface area contributed by atoms with Gasteiger partial charge in [-0.3, -0.25) is 4.68 Å². The fourth-order valence-corrected chi connectivity index (χ4v) is 2.98. The van der Waals surface area contributed by atoms with Gasteiger partial charge in [0.05, 0.1) is 18.3 Å². The predicted molar refractivity (Wildman–Crippen MR) is 84.7 cm³/mol. The van der Waals surface area contributed by atoms with Gasteiger partial charge in [0.1, 0.15) is 0 Å². The molecule has 3 atom stereocenters. The van der Waals surface area contributed by atoms with Gasteiger partial charge in [-0.25, -0.2) is 0 Å². The van der Waals surface area contributed by atoms with Crippen LogP contribution in [0.4, 0.5) is 0 Å². The summed E-state index contributed by atoms with van der Waals surface area (Å²) in [5.74, 6) is 1.87. The molecule has 1 fully saturated rings. The Morgan fingerprint density at radius 3 is 3.09 bits per heavy atom. The summed E-state index contributed by atoms with van der Waals surface area (Å²) < 4.78 is 13.1. The van der Waals surface area contributed by atoms with Crippen molar-refractivity contribution in [3.8, 4) is 0 Å². The quantitative estimate of drug-likeness (QED) is 0.843. The standard InChI is InChI=1S/C16H25N5O2/c1-4-5-14-19-16(23-20-14)11(2)17-8-12-6-7-22-15(12)13-9-18-21(3)10-13/h9-12,15,17H,4-8H2,1-3H3/t11-,12-,15+/m0/s1. The maximum absolute atomic E-state index is 5.89. The second-order valence-corrected chi connectivity index (χ2v) is 6.22. The summed E-state index contributed by atoms with van der Waals surface area (Å²) >= 11 is 0. The highest BCUT2D eigenvalue weighted by Crippen LogP contribution is 2.34. The highest BCUT2D eigenvalue weighted by atomic mass is 16.5. The van der Waals surface area contributed by atoms with Crippen LogP contribution in [0.2, 0.25) is 0 Å². The summed E-state index contributed by atoms with van der Waals surface area (Å²) in [6.07, 6.45) is 6.96. The Morgan fingerprint density at radius 1 is 1.48 bits per heavy atom. The monoisotopic (exact) mass is 319 g/mol. The zero-order valence-corrected chi connectivity index (χ0v) is 14.0. The van der Waals surface area contributed by atoms with Crippen LogP contribution in [0.5, 0.6) is 0 Å². The molecule has 126 valence electrons. The summed E-state index contributed by atoms with van der Waals surface area (Å²) in [5, 5.41) is 11.8. The number of aromatic nitrogens is 4. The molecule has 7 heteroatoms. The minimum absolute atomic E-state index is 0.0447. The van der Waals surface area contributed by atoms with Gasteiger partial charge < -0.3 is 14.6 Å². The van der Waals surface area contributed by atoms with Crippen LogP contribution < -0.4 is 5.32 Å². The third-order valence-electron chi connectivity index (χ3n) is 4.28. The van der Waals surface area contributed by atoms with Crippen LogP contribution >= 0.6 is 0 Å². The first-order valence-corrected chi connectivity index (χ1v) is 8.33. The molecule has 2 aromatic rings. The minimum atomic E-state index is 0.0447. The lowest BCUT2D eigenvalue weighted by molar-refractivity contribution is 0.0895. The molecular weight excluding hydrogens is 294 g/mol. The number of nitrogens with one attached hydrogen (secondary N) is 1. The lowest BCUT2D eigenvalue weighted by Crippen LogP contribution is -2.27. The van der Waals surface area contributed by atoms with Crippen molar-refractivity contribution in [3.05, 3.63) is 29.7 Å². The molecule has 0 unspecified atom stereocenters. The Bertz CT molecular complexity index is 624. The fraction of sp³-hybridized carbons (Fsp3) is 0.688. The summed E-state index contributed by atoms with van der Waals surface area (Å²) in [5.41, 5.74) is 1.15. The Labute approximate surface area is 136 Å². The summed E-state index contributed by atoms with van der Waals surface area (Å²) in [4.78, 5) is 4.44. The lowest BCUT2D eigenvalue weighted by atomic mass is 9.97. The van der Waals surface area contributed by atoms with E-state index in [1.807, 2.05) is 24.1 Å². The first-order valence-electron chi connectivity index (χ1n) is 8.33. The third kappa shape index (κ3) is 3.79. The molecule has 1 saturated heterocycles. The molecule has 1 aliphatic rings. The molecule has 0 aliphatic carbocycles. The second-order valence-electron chi connectivity index (χ2n) is 6.22.